The summed E-state index contributed by atoms with van der Waals surface area (Å²) >= 11 is 2.17. The van der Waals surface area contributed by atoms with Crippen molar-refractivity contribution in [1.29, 1.82) is 0 Å². The molecule has 1 aromatic heterocycles. The number of hydrogen-bond acceptors (Lipinski definition) is 5. The third-order valence-corrected chi connectivity index (χ3v) is 4.22. The van der Waals surface area contributed by atoms with Gasteiger partial charge < -0.3 is 15.3 Å². The second-order valence-corrected chi connectivity index (χ2v) is 6.71. The Balaban J connectivity index is 2.26. The molecule has 0 saturated heterocycles. The zero-order valence-electron chi connectivity index (χ0n) is 13.4. The van der Waals surface area contributed by atoms with Gasteiger partial charge in [0.2, 0.25) is 0 Å². The van der Waals surface area contributed by atoms with E-state index in [0.717, 1.165) is 19.5 Å². The van der Waals surface area contributed by atoms with Gasteiger partial charge in [0.25, 0.3) is 5.49 Å². The molecule has 0 atom stereocenters. The van der Waals surface area contributed by atoms with Gasteiger partial charge >= 0.3 is 5.82 Å². The Morgan fingerprint density at radius 2 is 2.00 bits per heavy atom. The number of benzene rings is 2. The molecule has 2 aromatic carbocycles. The summed E-state index contributed by atoms with van der Waals surface area (Å²) in [5, 5.41) is 25.7. The van der Waals surface area contributed by atoms with E-state index in [0.29, 0.717) is 16.2 Å². The van der Waals surface area contributed by atoms with Gasteiger partial charge in [0.15, 0.2) is 0 Å². The Kier molecular flexibility index (Phi) is 4.57. The van der Waals surface area contributed by atoms with Crippen LogP contribution in [0.15, 0.2) is 47.5 Å². The van der Waals surface area contributed by atoms with Crippen molar-refractivity contribution in [2.24, 2.45) is 4.99 Å². The third-order valence-electron chi connectivity index (χ3n) is 3.55. The molecule has 0 fully saturated rings. The first-order valence-electron chi connectivity index (χ1n) is 7.31. The molecule has 0 aliphatic heterocycles. The fourth-order valence-corrected chi connectivity index (χ4v) is 2.99. The van der Waals surface area contributed by atoms with Crippen LogP contribution in [0.25, 0.3) is 5.69 Å². The van der Waals surface area contributed by atoms with Gasteiger partial charge in [-0.1, -0.05) is 17.0 Å². The summed E-state index contributed by atoms with van der Waals surface area (Å²) < 4.78 is 1.02. The van der Waals surface area contributed by atoms with Crippen LogP contribution >= 0.6 is 22.6 Å². The summed E-state index contributed by atoms with van der Waals surface area (Å²) in [5.74, 6) is -0.526. The van der Waals surface area contributed by atoms with Gasteiger partial charge in [-0.15, -0.1) is 0 Å². The van der Waals surface area contributed by atoms with E-state index in [9.17, 15) is 15.3 Å². The lowest BCUT2D eigenvalue weighted by molar-refractivity contribution is -0.391. The molecule has 1 N–H and O–H groups in total. The summed E-state index contributed by atoms with van der Waals surface area (Å²) in [6.45, 7) is 3.73. The predicted octanol–water partition coefficient (Wildman–Crippen LogP) is 3.27. The highest BCUT2D eigenvalue weighted by atomic mass is 127. The van der Waals surface area contributed by atoms with E-state index in [2.05, 4.69) is 32.7 Å². The van der Waals surface area contributed by atoms with Crippen molar-refractivity contribution < 1.29 is 10.1 Å². The topological polar surface area (TPSA) is 98.5 Å². The fourth-order valence-electron chi connectivity index (χ4n) is 2.35. The number of aromatic nitrogens is 3. The molecule has 0 spiro atoms. The molecule has 0 radical (unpaired) electrons. The molecule has 0 aliphatic rings. The third kappa shape index (κ3) is 3.40. The van der Waals surface area contributed by atoms with Crippen molar-refractivity contribution >= 4 is 34.1 Å². The van der Waals surface area contributed by atoms with Crippen LogP contribution in [-0.2, 0) is 0 Å². The predicted molar refractivity (Wildman–Crippen MR) is 99.2 cm³/mol. The number of hydrogen-bond donors (Lipinski definition) is 1. The Morgan fingerprint density at radius 1 is 1.24 bits per heavy atom. The standard InChI is InChI=1S/C16H14IN5O3/c1-10-4-3-5-13(8-10)20-19-16(22(24)25)15(21(20)23)18-14-7-6-12(17)9-11(14)2/h3-9,23H,1-2H3. The molecule has 3 rings (SSSR count). The second kappa shape index (κ2) is 6.67. The lowest BCUT2D eigenvalue weighted by Gasteiger charge is -2.01. The first kappa shape index (κ1) is 17.1. The quantitative estimate of drug-likeness (QED) is 0.286. The summed E-state index contributed by atoms with van der Waals surface area (Å²) in [7, 11) is 0. The monoisotopic (exact) mass is 451 g/mol. The van der Waals surface area contributed by atoms with Crippen LogP contribution in [0.2, 0.25) is 0 Å². The molecule has 9 heteroatoms. The van der Waals surface area contributed by atoms with Crippen molar-refractivity contribution in [2.45, 2.75) is 13.8 Å². The number of aryl methyl sites for hydroxylation is 2. The van der Waals surface area contributed by atoms with Gasteiger partial charge in [-0.3, -0.25) is 0 Å². The molecule has 0 saturated carbocycles. The van der Waals surface area contributed by atoms with Gasteiger partial charge in [0.05, 0.1) is 10.8 Å². The highest BCUT2D eigenvalue weighted by Crippen LogP contribution is 2.20. The van der Waals surface area contributed by atoms with E-state index in [-0.39, 0.29) is 5.49 Å². The molecular formula is C16H14IN5O3. The summed E-state index contributed by atoms with van der Waals surface area (Å²) in [5.41, 5.74) is 2.55. The molecule has 3 aromatic rings. The SMILES string of the molecule is Cc1cccc(-n2nc([N+](=O)[O-])c(=Nc3ccc(I)cc3C)n2O)c1. The fraction of sp³-hybridized carbons (Fsp3) is 0.125. The highest BCUT2D eigenvalue weighted by Gasteiger charge is 2.24. The Bertz CT molecular complexity index is 1040. The van der Waals surface area contributed by atoms with E-state index in [1.807, 2.05) is 32.0 Å². The van der Waals surface area contributed by atoms with Crippen LogP contribution in [0.5, 0.6) is 0 Å². The maximum Gasteiger partial charge on any atom is 0.438 e. The highest BCUT2D eigenvalue weighted by molar-refractivity contribution is 14.1. The zero-order chi connectivity index (χ0) is 18.1. The number of halogens is 1. The van der Waals surface area contributed by atoms with Crippen molar-refractivity contribution in [3.05, 3.63) is 72.8 Å². The van der Waals surface area contributed by atoms with Gasteiger partial charge in [-0.2, -0.15) is 0 Å². The van der Waals surface area contributed by atoms with Gasteiger partial charge in [-0.05, 0) is 87.6 Å². The summed E-state index contributed by atoms with van der Waals surface area (Å²) in [6, 6.07) is 12.6. The van der Waals surface area contributed by atoms with Crippen LogP contribution < -0.4 is 5.49 Å². The minimum Gasteiger partial charge on any atom is -0.409 e. The largest absolute Gasteiger partial charge is 0.438 e. The Labute approximate surface area is 156 Å². The molecule has 0 bridgehead atoms. The normalized spacial score (nSPS) is 11.7. The van der Waals surface area contributed by atoms with E-state index in [1.54, 1.807) is 24.3 Å². The lowest BCUT2D eigenvalue weighted by atomic mass is 10.2. The zero-order valence-corrected chi connectivity index (χ0v) is 15.6. The maximum absolute atomic E-state index is 11.4. The average Bonchev–Trinajstić information content (AvgIpc) is 2.87. The van der Waals surface area contributed by atoms with Crippen LogP contribution in [0.4, 0.5) is 11.5 Å². The van der Waals surface area contributed by atoms with Crippen LogP contribution in [0, 0.1) is 27.5 Å². The first-order valence-corrected chi connectivity index (χ1v) is 8.38. The second-order valence-electron chi connectivity index (χ2n) is 5.46. The average molecular weight is 451 g/mol. The minimum absolute atomic E-state index is 0.240. The molecule has 0 aliphatic carbocycles. The van der Waals surface area contributed by atoms with Crippen LogP contribution in [0.1, 0.15) is 11.1 Å². The molecule has 0 amide bonds. The van der Waals surface area contributed by atoms with E-state index >= 15 is 0 Å². The van der Waals surface area contributed by atoms with E-state index in [1.165, 1.54) is 0 Å². The van der Waals surface area contributed by atoms with Crippen molar-refractivity contribution in [2.75, 3.05) is 0 Å². The first-order chi connectivity index (χ1) is 11.9. The summed E-state index contributed by atoms with van der Waals surface area (Å²) in [4.78, 5) is 16.6. The number of nitro groups is 1. The van der Waals surface area contributed by atoms with E-state index in [4.69, 9.17) is 0 Å². The van der Waals surface area contributed by atoms with Gasteiger partial charge in [0, 0.05) is 3.57 Å². The molecular weight excluding hydrogens is 437 g/mol. The van der Waals surface area contributed by atoms with E-state index < -0.39 is 10.7 Å². The molecule has 1 heterocycles. The summed E-state index contributed by atoms with van der Waals surface area (Å²) in [6.07, 6.45) is 0. The molecule has 25 heavy (non-hydrogen) atoms. The van der Waals surface area contributed by atoms with Gasteiger partial charge in [-0.25, -0.2) is 4.99 Å². The Hall–Kier alpha value is -2.69. The number of rotatable bonds is 3. The minimum atomic E-state index is -0.667. The van der Waals surface area contributed by atoms with Gasteiger partial charge in [0.1, 0.15) is 5.69 Å². The molecule has 0 unspecified atom stereocenters. The van der Waals surface area contributed by atoms with Crippen LogP contribution in [0.3, 0.4) is 0 Å². The smallest absolute Gasteiger partial charge is 0.409 e. The lowest BCUT2D eigenvalue weighted by Crippen LogP contribution is -2.22. The van der Waals surface area contributed by atoms with Crippen molar-refractivity contribution in [3.8, 4) is 5.69 Å². The molecule has 8 nitrogen and oxygen atoms in total. The van der Waals surface area contributed by atoms with Crippen molar-refractivity contribution in [1.82, 2.24) is 14.7 Å². The molecule has 128 valence electrons. The van der Waals surface area contributed by atoms with Crippen molar-refractivity contribution in [3.63, 3.8) is 0 Å². The Morgan fingerprint density at radius 3 is 2.64 bits per heavy atom. The maximum atomic E-state index is 11.4. The van der Waals surface area contributed by atoms with Crippen LogP contribution in [-0.4, -0.2) is 24.9 Å². The number of nitrogens with zero attached hydrogens (tertiary/aromatic N) is 5.